The highest BCUT2D eigenvalue weighted by Crippen LogP contribution is 2.25. The van der Waals surface area contributed by atoms with Crippen LogP contribution in [0.3, 0.4) is 0 Å². The Balaban J connectivity index is 2.15. The van der Waals surface area contributed by atoms with Gasteiger partial charge in [-0.1, -0.05) is 25.9 Å². The summed E-state index contributed by atoms with van der Waals surface area (Å²) in [5, 5.41) is 13.1. The fourth-order valence-electron chi connectivity index (χ4n) is 2.59. The zero-order valence-electron chi connectivity index (χ0n) is 12.6. The molecule has 0 saturated carbocycles. The minimum absolute atomic E-state index is 0.0811. The molecule has 20 heavy (non-hydrogen) atoms. The molecule has 0 spiro atoms. The van der Waals surface area contributed by atoms with Gasteiger partial charge < -0.3 is 14.5 Å². The molecule has 1 N–H and O–H groups in total. The topological polar surface area (TPSA) is 66.6 Å². The molecule has 1 aromatic rings. The van der Waals surface area contributed by atoms with Crippen molar-refractivity contribution in [2.45, 2.75) is 57.9 Å². The summed E-state index contributed by atoms with van der Waals surface area (Å²) in [5.74, 6) is 0.638. The zero-order chi connectivity index (χ0) is 14.8. The van der Waals surface area contributed by atoms with Crippen molar-refractivity contribution in [2.75, 3.05) is 13.2 Å². The van der Waals surface area contributed by atoms with E-state index in [-0.39, 0.29) is 24.0 Å². The van der Waals surface area contributed by atoms with E-state index < -0.39 is 0 Å². The van der Waals surface area contributed by atoms with E-state index in [9.17, 15) is 4.79 Å². The fraction of sp³-hybridized carbons (Fsp3) is 0.733. The normalized spacial score (nSPS) is 20.2. The van der Waals surface area contributed by atoms with Gasteiger partial charge in [-0.3, -0.25) is 4.79 Å². The molecule has 0 aliphatic carbocycles. The van der Waals surface area contributed by atoms with Crippen LogP contribution in [0.25, 0.3) is 0 Å². The third-order valence-corrected chi connectivity index (χ3v) is 3.82. The van der Waals surface area contributed by atoms with Crippen LogP contribution in [-0.4, -0.2) is 40.3 Å². The largest absolute Gasteiger partial charge is 0.396 e. The van der Waals surface area contributed by atoms with E-state index in [1.807, 2.05) is 25.7 Å². The lowest BCUT2D eigenvalue weighted by Crippen LogP contribution is -2.44. The monoisotopic (exact) mass is 280 g/mol. The average Bonchev–Trinajstić information content (AvgIpc) is 2.88. The van der Waals surface area contributed by atoms with E-state index in [0.29, 0.717) is 12.1 Å². The minimum atomic E-state index is -0.155. The van der Waals surface area contributed by atoms with Crippen molar-refractivity contribution in [3.05, 3.63) is 17.5 Å². The molecule has 2 heterocycles. The number of likely N-dealkylation sites (tertiary alicyclic amines) is 1. The van der Waals surface area contributed by atoms with Crippen LogP contribution in [0.4, 0.5) is 0 Å². The van der Waals surface area contributed by atoms with Crippen molar-refractivity contribution in [2.24, 2.45) is 0 Å². The van der Waals surface area contributed by atoms with Gasteiger partial charge in [0, 0.05) is 30.7 Å². The van der Waals surface area contributed by atoms with E-state index >= 15 is 0 Å². The van der Waals surface area contributed by atoms with E-state index in [1.54, 1.807) is 6.07 Å². The van der Waals surface area contributed by atoms with Crippen LogP contribution in [0.2, 0.25) is 0 Å². The van der Waals surface area contributed by atoms with E-state index in [1.165, 1.54) is 0 Å². The maximum atomic E-state index is 12.5. The maximum absolute atomic E-state index is 12.5. The second-order valence-electron chi connectivity index (χ2n) is 6.49. The first-order valence-corrected chi connectivity index (χ1v) is 7.32. The van der Waals surface area contributed by atoms with Crippen molar-refractivity contribution in [1.29, 1.82) is 0 Å². The second kappa shape index (κ2) is 5.95. The lowest BCUT2D eigenvalue weighted by Gasteiger charge is -2.35. The van der Waals surface area contributed by atoms with Gasteiger partial charge >= 0.3 is 0 Å². The van der Waals surface area contributed by atoms with Gasteiger partial charge in [0.25, 0.3) is 5.91 Å². The first kappa shape index (κ1) is 15.0. The highest BCUT2D eigenvalue weighted by molar-refractivity contribution is 5.92. The van der Waals surface area contributed by atoms with Gasteiger partial charge in [0.1, 0.15) is 5.76 Å². The SMILES string of the molecule is CC(C)(C)c1cc(C(=O)N2CCCCC2CCO)no1. The molecule has 5 nitrogen and oxygen atoms in total. The zero-order valence-corrected chi connectivity index (χ0v) is 12.6. The predicted octanol–water partition coefficient (Wildman–Crippen LogP) is 2.35. The lowest BCUT2D eigenvalue weighted by molar-refractivity contribution is 0.0564. The number of carbonyl (C=O) groups is 1. The van der Waals surface area contributed by atoms with Gasteiger partial charge in [0.05, 0.1) is 0 Å². The minimum Gasteiger partial charge on any atom is -0.396 e. The molecule has 0 bridgehead atoms. The van der Waals surface area contributed by atoms with E-state index in [4.69, 9.17) is 9.63 Å². The molecule has 2 rings (SSSR count). The van der Waals surface area contributed by atoms with Crippen molar-refractivity contribution >= 4 is 5.91 Å². The van der Waals surface area contributed by atoms with Crippen LogP contribution >= 0.6 is 0 Å². The van der Waals surface area contributed by atoms with Gasteiger partial charge in [-0.05, 0) is 25.7 Å². The lowest BCUT2D eigenvalue weighted by atomic mass is 9.93. The first-order chi connectivity index (χ1) is 9.43. The van der Waals surface area contributed by atoms with Crippen LogP contribution in [0, 0.1) is 0 Å². The molecule has 112 valence electrons. The number of aliphatic hydroxyl groups is 1. The second-order valence-corrected chi connectivity index (χ2v) is 6.49. The smallest absolute Gasteiger partial charge is 0.276 e. The summed E-state index contributed by atoms with van der Waals surface area (Å²) in [6, 6.07) is 1.86. The summed E-state index contributed by atoms with van der Waals surface area (Å²) in [4.78, 5) is 14.4. The Kier molecular flexibility index (Phi) is 4.48. The Bertz CT molecular complexity index is 460. The fourth-order valence-corrected chi connectivity index (χ4v) is 2.59. The summed E-state index contributed by atoms with van der Waals surface area (Å²) < 4.78 is 5.29. The molecule has 1 saturated heterocycles. The molecule has 1 aliphatic heterocycles. The molecular weight excluding hydrogens is 256 g/mol. The number of piperidine rings is 1. The van der Waals surface area contributed by atoms with Crippen LogP contribution in [0.1, 0.15) is 62.7 Å². The summed E-state index contributed by atoms with van der Waals surface area (Å²) in [6.07, 6.45) is 3.71. The number of hydrogen-bond donors (Lipinski definition) is 1. The van der Waals surface area contributed by atoms with Crippen LogP contribution in [0.5, 0.6) is 0 Å². The van der Waals surface area contributed by atoms with Crippen molar-refractivity contribution < 1.29 is 14.4 Å². The van der Waals surface area contributed by atoms with Crippen molar-refractivity contribution in [3.8, 4) is 0 Å². The molecule has 5 heteroatoms. The van der Waals surface area contributed by atoms with Crippen molar-refractivity contribution in [3.63, 3.8) is 0 Å². The number of aliphatic hydroxyl groups excluding tert-OH is 1. The number of nitrogens with zero attached hydrogens (tertiary/aromatic N) is 2. The summed E-state index contributed by atoms with van der Waals surface area (Å²) in [5.41, 5.74) is 0.220. The Morgan fingerprint density at radius 2 is 2.25 bits per heavy atom. The van der Waals surface area contributed by atoms with E-state index in [0.717, 1.165) is 31.6 Å². The Hall–Kier alpha value is -1.36. The third-order valence-electron chi connectivity index (χ3n) is 3.82. The summed E-state index contributed by atoms with van der Waals surface area (Å²) in [7, 11) is 0. The number of hydrogen-bond acceptors (Lipinski definition) is 4. The number of aromatic nitrogens is 1. The first-order valence-electron chi connectivity index (χ1n) is 7.32. The van der Waals surface area contributed by atoms with E-state index in [2.05, 4.69) is 5.16 Å². The van der Waals surface area contributed by atoms with Crippen LogP contribution < -0.4 is 0 Å². The third kappa shape index (κ3) is 3.20. The molecule has 1 unspecified atom stereocenters. The Morgan fingerprint density at radius 1 is 1.50 bits per heavy atom. The standard InChI is InChI=1S/C15H24N2O3/c1-15(2,3)13-10-12(16-20-13)14(19)17-8-5-4-6-11(17)7-9-18/h10-11,18H,4-9H2,1-3H3. The van der Waals surface area contributed by atoms with Gasteiger partial charge in [-0.15, -0.1) is 0 Å². The molecular formula is C15H24N2O3. The number of amides is 1. The van der Waals surface area contributed by atoms with Gasteiger partial charge in [0.15, 0.2) is 5.69 Å². The molecule has 1 aromatic heterocycles. The maximum Gasteiger partial charge on any atom is 0.276 e. The molecule has 1 amide bonds. The number of rotatable bonds is 3. The molecule has 0 aromatic carbocycles. The molecule has 0 radical (unpaired) electrons. The summed E-state index contributed by atoms with van der Waals surface area (Å²) in [6.45, 7) is 6.92. The van der Waals surface area contributed by atoms with Crippen LogP contribution in [0.15, 0.2) is 10.6 Å². The van der Waals surface area contributed by atoms with Gasteiger partial charge in [-0.2, -0.15) is 0 Å². The quantitative estimate of drug-likeness (QED) is 0.923. The average molecular weight is 280 g/mol. The van der Waals surface area contributed by atoms with Crippen LogP contribution in [-0.2, 0) is 5.41 Å². The Morgan fingerprint density at radius 3 is 2.85 bits per heavy atom. The molecule has 1 atom stereocenters. The molecule has 1 fully saturated rings. The number of carbonyl (C=O) groups excluding carboxylic acids is 1. The predicted molar refractivity (Wildman–Crippen MR) is 75.6 cm³/mol. The van der Waals surface area contributed by atoms with Gasteiger partial charge in [-0.25, -0.2) is 0 Å². The highest BCUT2D eigenvalue weighted by atomic mass is 16.5. The highest BCUT2D eigenvalue weighted by Gasteiger charge is 2.30. The van der Waals surface area contributed by atoms with Crippen molar-refractivity contribution in [1.82, 2.24) is 10.1 Å². The Labute approximate surface area is 119 Å². The molecule has 1 aliphatic rings. The summed E-state index contributed by atoms with van der Waals surface area (Å²) >= 11 is 0. The van der Waals surface area contributed by atoms with Gasteiger partial charge in [0.2, 0.25) is 0 Å².